The molecule has 1 saturated heterocycles. The van der Waals surface area contributed by atoms with E-state index in [4.69, 9.17) is 18.9 Å². The van der Waals surface area contributed by atoms with Crippen LogP contribution < -0.4 is 14.8 Å². The van der Waals surface area contributed by atoms with Crippen LogP contribution in [0.3, 0.4) is 0 Å². The van der Waals surface area contributed by atoms with Crippen LogP contribution in [0.25, 0.3) is 0 Å². The van der Waals surface area contributed by atoms with E-state index < -0.39 is 0 Å². The van der Waals surface area contributed by atoms with Gasteiger partial charge in [0.1, 0.15) is 11.4 Å². The number of fused-ring (bicyclic) bond motifs is 5. The zero-order valence-corrected chi connectivity index (χ0v) is 22.2. The van der Waals surface area contributed by atoms with Crippen molar-refractivity contribution in [3.63, 3.8) is 0 Å². The van der Waals surface area contributed by atoms with Gasteiger partial charge in [0.05, 0.1) is 38.2 Å². The van der Waals surface area contributed by atoms with Crippen LogP contribution in [0.2, 0.25) is 0 Å². The number of amides is 2. The number of nitrogens with one attached hydrogen (secondary N) is 1. The van der Waals surface area contributed by atoms with Gasteiger partial charge in [-0.25, -0.2) is 4.98 Å². The number of carbonyl (C=O) groups excluding carboxylic acids is 2. The first kappa shape index (κ1) is 26.6. The molecule has 1 N–H and O–H groups in total. The Labute approximate surface area is 228 Å². The van der Waals surface area contributed by atoms with Crippen LogP contribution >= 0.6 is 0 Å². The molecular weight excluding hydrogens is 498 g/mol. The van der Waals surface area contributed by atoms with E-state index in [0.717, 1.165) is 11.1 Å². The molecule has 2 amide bonds. The average molecular weight is 532 g/mol. The van der Waals surface area contributed by atoms with Crippen molar-refractivity contribution in [2.24, 2.45) is 0 Å². The number of likely N-dealkylation sites (tertiary alicyclic amines) is 1. The van der Waals surface area contributed by atoms with Crippen LogP contribution in [0.4, 0.5) is 0 Å². The number of rotatable bonds is 4. The minimum Gasteiger partial charge on any atom is -0.493 e. The van der Waals surface area contributed by atoms with Crippen LogP contribution in [0, 0.1) is 0 Å². The summed E-state index contributed by atoms with van der Waals surface area (Å²) < 4.78 is 23.1. The Kier molecular flexibility index (Phi) is 8.39. The maximum absolute atomic E-state index is 13.3. The van der Waals surface area contributed by atoms with Crippen LogP contribution in [-0.2, 0) is 33.9 Å². The van der Waals surface area contributed by atoms with Crippen molar-refractivity contribution in [2.45, 2.75) is 44.6 Å². The predicted octanol–water partition coefficient (Wildman–Crippen LogP) is 3.89. The lowest BCUT2D eigenvalue weighted by Crippen LogP contribution is -2.57. The Morgan fingerprint density at radius 2 is 1.95 bits per heavy atom. The summed E-state index contributed by atoms with van der Waals surface area (Å²) >= 11 is 0. The summed E-state index contributed by atoms with van der Waals surface area (Å²) in [5.41, 5.74) is 2.96. The van der Waals surface area contributed by atoms with Crippen LogP contribution in [0.1, 0.15) is 40.2 Å². The Hall–Kier alpha value is -3.95. The second kappa shape index (κ2) is 12.3. The van der Waals surface area contributed by atoms with E-state index in [9.17, 15) is 9.59 Å². The van der Waals surface area contributed by atoms with E-state index in [1.165, 1.54) is 0 Å². The van der Waals surface area contributed by atoms with Crippen LogP contribution in [0.15, 0.2) is 60.7 Å². The van der Waals surface area contributed by atoms with Gasteiger partial charge in [0.25, 0.3) is 5.91 Å². The predicted molar refractivity (Wildman–Crippen MR) is 144 cm³/mol. The van der Waals surface area contributed by atoms with E-state index in [0.29, 0.717) is 67.8 Å². The van der Waals surface area contributed by atoms with Crippen molar-refractivity contribution < 1.29 is 28.5 Å². The fraction of sp³-hybridized carbons (Fsp3) is 0.367. The van der Waals surface area contributed by atoms with Crippen molar-refractivity contribution in [1.82, 2.24) is 15.2 Å². The Morgan fingerprint density at radius 3 is 2.79 bits per heavy atom. The molecule has 3 aromatic rings. The summed E-state index contributed by atoms with van der Waals surface area (Å²) in [6.07, 6.45) is 1.16. The highest BCUT2D eigenvalue weighted by atomic mass is 16.5. The fourth-order valence-corrected chi connectivity index (χ4v) is 4.96. The number of benzene rings is 2. The van der Waals surface area contributed by atoms with Crippen LogP contribution in [-0.4, -0.2) is 61.2 Å². The molecule has 2 aliphatic heterocycles. The molecule has 2 aromatic carbocycles. The third-order valence-corrected chi connectivity index (χ3v) is 6.96. The van der Waals surface area contributed by atoms with Gasteiger partial charge in [-0.15, -0.1) is 0 Å². The molecule has 3 heterocycles. The smallest absolute Gasteiger partial charge is 0.272 e. The number of methoxy groups -OCH3 is 2. The monoisotopic (exact) mass is 531 g/mol. The Bertz CT molecular complexity index is 1330. The van der Waals surface area contributed by atoms with Crippen molar-refractivity contribution >= 4 is 11.8 Å². The maximum Gasteiger partial charge on any atom is 0.272 e. The third kappa shape index (κ3) is 6.55. The molecule has 204 valence electrons. The molecular formula is C30H33N3O6. The third-order valence-electron chi connectivity index (χ3n) is 6.96. The van der Waals surface area contributed by atoms with Gasteiger partial charge in [0, 0.05) is 26.6 Å². The summed E-state index contributed by atoms with van der Waals surface area (Å²) in [6.45, 7) is 1.51. The quantitative estimate of drug-likeness (QED) is 0.545. The zero-order valence-electron chi connectivity index (χ0n) is 22.2. The highest BCUT2D eigenvalue weighted by molar-refractivity contribution is 5.92. The molecule has 9 nitrogen and oxygen atoms in total. The van der Waals surface area contributed by atoms with E-state index in [-0.39, 0.29) is 30.4 Å². The summed E-state index contributed by atoms with van der Waals surface area (Å²) in [7, 11) is 3.19. The molecule has 1 fully saturated rings. The molecule has 0 unspecified atom stereocenters. The van der Waals surface area contributed by atoms with Gasteiger partial charge in [-0.2, -0.15) is 0 Å². The molecule has 4 bridgehead atoms. The lowest BCUT2D eigenvalue weighted by Gasteiger charge is -2.38. The standard InChI is InChI=1S/C30H33N3O6/c1-36-19-22-6-4-8-24(31-22)30(35)33-14-13-26-25(17-33)32-29(34)12-10-20-9-11-27(37-2)28(16-20)39-23-7-3-5-21(15-23)18-38-26/h3-9,11,15-16,25-26H,10,12-14,17-19H2,1-2H3,(H,32,34)/t25-,26+/m0/s1. The molecule has 0 spiro atoms. The first-order valence-electron chi connectivity index (χ1n) is 13.1. The van der Waals surface area contributed by atoms with Gasteiger partial charge in [-0.05, 0) is 60.4 Å². The van der Waals surface area contributed by atoms with Gasteiger partial charge in [-0.3, -0.25) is 9.59 Å². The topological polar surface area (TPSA) is 99.2 Å². The van der Waals surface area contributed by atoms with Gasteiger partial charge < -0.3 is 29.2 Å². The molecule has 9 heteroatoms. The van der Waals surface area contributed by atoms with Crippen molar-refractivity contribution in [1.29, 1.82) is 0 Å². The summed E-state index contributed by atoms with van der Waals surface area (Å²) in [5.74, 6) is 1.61. The highest BCUT2D eigenvalue weighted by Gasteiger charge is 2.34. The molecule has 0 radical (unpaired) electrons. The summed E-state index contributed by atoms with van der Waals surface area (Å²) in [4.78, 5) is 32.6. The summed E-state index contributed by atoms with van der Waals surface area (Å²) in [6, 6.07) is 18.4. The zero-order chi connectivity index (χ0) is 27.2. The van der Waals surface area contributed by atoms with E-state index in [1.807, 2.05) is 48.5 Å². The van der Waals surface area contributed by atoms with E-state index in [2.05, 4.69) is 10.3 Å². The van der Waals surface area contributed by atoms with Crippen molar-refractivity contribution in [3.8, 4) is 17.2 Å². The molecule has 5 rings (SSSR count). The maximum atomic E-state index is 13.3. The Morgan fingerprint density at radius 1 is 1.08 bits per heavy atom. The number of pyridine rings is 1. The minimum absolute atomic E-state index is 0.100. The average Bonchev–Trinajstić information content (AvgIpc) is 2.95. The number of ether oxygens (including phenoxy) is 4. The normalized spacial score (nSPS) is 19.5. The number of nitrogens with zero attached hydrogens (tertiary/aromatic N) is 2. The molecule has 0 saturated carbocycles. The molecule has 2 atom stereocenters. The SMILES string of the molecule is COCc1cccc(C(=O)N2CC[C@H]3OCc4cccc(c4)Oc4cc(ccc4OC)CCC(=O)N[C@H]3C2)n1. The van der Waals surface area contributed by atoms with Gasteiger partial charge in [-0.1, -0.05) is 24.3 Å². The molecule has 39 heavy (non-hydrogen) atoms. The van der Waals surface area contributed by atoms with Crippen LogP contribution in [0.5, 0.6) is 17.2 Å². The number of hydrogen-bond donors (Lipinski definition) is 1. The first-order valence-corrected chi connectivity index (χ1v) is 13.1. The minimum atomic E-state index is -0.353. The number of aryl methyl sites for hydroxylation is 1. The summed E-state index contributed by atoms with van der Waals surface area (Å²) in [5, 5.41) is 3.14. The molecule has 2 aliphatic rings. The van der Waals surface area contributed by atoms with Gasteiger partial charge in [0.15, 0.2) is 11.5 Å². The second-order valence-electron chi connectivity index (χ2n) is 9.75. The molecule has 1 aromatic heterocycles. The van der Waals surface area contributed by atoms with Gasteiger partial charge in [0.2, 0.25) is 5.91 Å². The lowest BCUT2D eigenvalue weighted by molar-refractivity contribution is -0.124. The van der Waals surface area contributed by atoms with Crippen molar-refractivity contribution in [2.75, 3.05) is 27.3 Å². The first-order chi connectivity index (χ1) is 19.0. The second-order valence-corrected chi connectivity index (χ2v) is 9.75. The number of piperidine rings is 1. The number of aromatic nitrogens is 1. The van der Waals surface area contributed by atoms with E-state index >= 15 is 0 Å². The molecule has 0 aliphatic carbocycles. The fourth-order valence-electron chi connectivity index (χ4n) is 4.96. The number of hydrogen-bond acceptors (Lipinski definition) is 7. The van der Waals surface area contributed by atoms with Crippen molar-refractivity contribution in [3.05, 3.63) is 83.2 Å². The highest BCUT2D eigenvalue weighted by Crippen LogP contribution is 2.33. The Balaban J connectivity index is 1.37. The lowest BCUT2D eigenvalue weighted by atomic mass is 10.0. The number of carbonyl (C=O) groups is 2. The largest absolute Gasteiger partial charge is 0.493 e. The van der Waals surface area contributed by atoms with E-state index in [1.54, 1.807) is 31.3 Å². The van der Waals surface area contributed by atoms with Gasteiger partial charge >= 0.3 is 0 Å².